The van der Waals surface area contributed by atoms with E-state index in [0.717, 1.165) is 24.3 Å². The highest BCUT2D eigenvalue weighted by molar-refractivity contribution is 8.31. The topological polar surface area (TPSA) is 67.2 Å². The van der Waals surface area contributed by atoms with Crippen LogP contribution in [0.25, 0.3) is 0 Å². The van der Waals surface area contributed by atoms with Crippen LogP contribution in [0.5, 0.6) is 0 Å². The van der Waals surface area contributed by atoms with Gasteiger partial charge in [0.05, 0.1) is 11.6 Å². The van der Waals surface area contributed by atoms with Crippen LogP contribution in [0.1, 0.15) is 11.1 Å². The molecular formula is C18H12F17NO3S2. The summed E-state index contributed by atoms with van der Waals surface area (Å²) >= 11 is 0. The van der Waals surface area contributed by atoms with Crippen LogP contribution in [-0.2, 0) is 19.5 Å². The highest BCUT2D eigenvalue weighted by Crippen LogP contribution is 2.65. The lowest BCUT2D eigenvalue weighted by Crippen LogP contribution is -2.75. The van der Waals surface area contributed by atoms with E-state index in [2.05, 4.69) is 3.63 Å². The van der Waals surface area contributed by atoms with Crippen molar-refractivity contribution < 1.29 is 86.7 Å². The smallest absolute Gasteiger partial charge is 0.215 e. The Hall–Kier alpha value is -2.22. The van der Waals surface area contributed by atoms with Gasteiger partial charge in [0.1, 0.15) is 0 Å². The Balaban J connectivity index is 3.59. The maximum absolute atomic E-state index is 14.2. The van der Waals surface area contributed by atoms with Gasteiger partial charge in [0.25, 0.3) is 0 Å². The predicted octanol–water partition coefficient (Wildman–Crippen LogP) is 7.35. The minimum atomic E-state index is -8.91. The van der Waals surface area contributed by atoms with Crippen LogP contribution in [0.2, 0.25) is 0 Å². The molecule has 0 radical (unpaired) electrons. The van der Waals surface area contributed by atoms with Crippen LogP contribution >= 0.6 is 10.3 Å². The van der Waals surface area contributed by atoms with Crippen LogP contribution in [0.3, 0.4) is 0 Å². The normalized spacial score (nSPS) is 16.0. The van der Waals surface area contributed by atoms with Crippen molar-refractivity contribution in [3.8, 4) is 6.07 Å². The molecule has 0 saturated carbocycles. The molecule has 0 fully saturated rings. The number of rotatable bonds is 11. The molecule has 0 aliphatic rings. The van der Waals surface area contributed by atoms with E-state index in [4.69, 9.17) is 5.26 Å². The van der Waals surface area contributed by atoms with E-state index < -0.39 is 73.1 Å². The highest BCUT2D eigenvalue weighted by atomic mass is 32.3. The minimum absolute atomic E-state index is 0.0141. The molecule has 0 heterocycles. The van der Waals surface area contributed by atoms with Gasteiger partial charge in [-0.15, -0.1) is 10.3 Å². The summed E-state index contributed by atoms with van der Waals surface area (Å²) in [5, 5.41) is 0.943. The van der Waals surface area contributed by atoms with Crippen LogP contribution in [0, 0.1) is 11.3 Å². The maximum Gasteiger partial charge on any atom is 0.460 e. The summed E-state index contributed by atoms with van der Waals surface area (Å²) in [6.45, 7) is 0. The summed E-state index contributed by atoms with van der Waals surface area (Å²) < 4.78 is 255. The molecule has 0 saturated heterocycles. The zero-order chi connectivity index (χ0) is 33.1. The Bertz CT molecular complexity index is 1270. The second-order valence-electron chi connectivity index (χ2n) is 8.37. The molecule has 0 amide bonds. The average Bonchev–Trinajstić information content (AvgIpc) is 2.76. The van der Waals surface area contributed by atoms with Crippen LogP contribution in [0.15, 0.2) is 24.3 Å². The average molecular weight is 677 g/mol. The van der Waals surface area contributed by atoms with Crippen LogP contribution in [0.4, 0.5) is 74.6 Å². The van der Waals surface area contributed by atoms with Gasteiger partial charge in [0.15, 0.2) is 0 Å². The first kappa shape index (κ1) is 36.8. The Morgan fingerprint density at radius 2 is 0.976 bits per heavy atom. The van der Waals surface area contributed by atoms with Crippen molar-refractivity contribution in [2.24, 2.45) is 0 Å². The van der Waals surface area contributed by atoms with E-state index in [0.29, 0.717) is 12.5 Å². The Labute approximate surface area is 219 Å². The third-order valence-corrected chi connectivity index (χ3v) is 8.98. The van der Waals surface area contributed by atoms with E-state index in [1.165, 1.54) is 0 Å². The number of alkyl halides is 17. The summed E-state index contributed by atoms with van der Waals surface area (Å²) in [7, 11) is -11.4. The molecule has 1 aromatic rings. The first-order chi connectivity index (χ1) is 17.7. The molecule has 0 aliphatic carbocycles. The number of nitriles is 1. The summed E-state index contributed by atoms with van der Waals surface area (Å²) in [5.41, 5.74) is -0.0987. The van der Waals surface area contributed by atoms with Gasteiger partial charge < -0.3 is 0 Å². The van der Waals surface area contributed by atoms with Gasteiger partial charge in [-0.25, -0.2) is 3.63 Å². The van der Waals surface area contributed by atoms with Gasteiger partial charge >= 0.3 is 57.1 Å². The molecule has 0 atom stereocenters. The lowest BCUT2D eigenvalue weighted by molar-refractivity contribution is -0.458. The zero-order valence-electron chi connectivity index (χ0n) is 19.4. The first-order valence-electron chi connectivity index (χ1n) is 9.59. The van der Waals surface area contributed by atoms with Crippen LogP contribution < -0.4 is 0 Å². The van der Waals surface area contributed by atoms with E-state index in [1.807, 2.05) is 0 Å². The minimum Gasteiger partial charge on any atom is -0.215 e. The van der Waals surface area contributed by atoms with E-state index in [1.54, 1.807) is 6.07 Å². The molecule has 1 rings (SSSR count). The van der Waals surface area contributed by atoms with Gasteiger partial charge in [0, 0.05) is 5.75 Å². The molecule has 0 bridgehead atoms. The monoisotopic (exact) mass is 677 g/mol. The molecule has 0 spiro atoms. The fraction of sp³-hybridized carbons (Fsp3) is 0.611. The largest absolute Gasteiger partial charge is 0.460 e. The van der Waals surface area contributed by atoms with Gasteiger partial charge in [0.2, 0.25) is 0 Å². The molecule has 0 N–H and O–H groups in total. The number of hydrogen-bond donors (Lipinski definition) is 0. The first-order valence-corrected chi connectivity index (χ1v) is 13.5. The zero-order valence-corrected chi connectivity index (χ0v) is 21.1. The van der Waals surface area contributed by atoms with Crippen molar-refractivity contribution in [2.45, 2.75) is 52.7 Å². The van der Waals surface area contributed by atoms with Crippen molar-refractivity contribution in [1.29, 1.82) is 5.26 Å². The number of benzene rings is 1. The van der Waals surface area contributed by atoms with Gasteiger partial charge in [-0.2, -0.15) is 88.3 Å². The highest BCUT2D eigenvalue weighted by Gasteiger charge is 2.96. The van der Waals surface area contributed by atoms with Gasteiger partial charge in [-0.3, -0.25) is 0 Å². The van der Waals surface area contributed by atoms with Crippen molar-refractivity contribution >= 4 is 20.4 Å². The lowest BCUT2D eigenvalue weighted by Gasteiger charge is -2.42. The van der Waals surface area contributed by atoms with Gasteiger partial charge in [-0.1, -0.05) is 12.1 Å². The summed E-state index contributed by atoms with van der Waals surface area (Å²) in [5.74, 6) is -52.9. The molecule has 41 heavy (non-hydrogen) atoms. The summed E-state index contributed by atoms with van der Waals surface area (Å²) in [6, 6.07) is 5.80. The quantitative estimate of drug-likeness (QED) is 0.230. The van der Waals surface area contributed by atoms with Crippen molar-refractivity contribution in [3.63, 3.8) is 0 Å². The second kappa shape index (κ2) is 10.2. The maximum atomic E-state index is 14.2. The van der Waals surface area contributed by atoms with Gasteiger partial charge in [-0.05, 0) is 30.2 Å². The van der Waals surface area contributed by atoms with Crippen molar-refractivity contribution in [3.05, 3.63) is 35.4 Å². The fourth-order valence-corrected chi connectivity index (χ4v) is 6.60. The van der Waals surface area contributed by atoms with E-state index in [-0.39, 0.29) is 11.1 Å². The van der Waals surface area contributed by atoms with Crippen molar-refractivity contribution in [2.75, 3.05) is 12.5 Å². The van der Waals surface area contributed by atoms with Crippen molar-refractivity contribution in [1.82, 2.24) is 0 Å². The molecule has 0 aliphatic heterocycles. The van der Waals surface area contributed by atoms with E-state index in [9.17, 15) is 83.1 Å². The number of nitrogens with zero attached hydrogens (tertiary/aromatic N) is 1. The number of halogens is 17. The Morgan fingerprint density at radius 1 is 0.634 bits per heavy atom. The molecule has 238 valence electrons. The molecule has 0 aromatic heterocycles. The Kier molecular flexibility index (Phi) is 9.16. The fourth-order valence-electron chi connectivity index (χ4n) is 2.69. The molecule has 23 heteroatoms. The van der Waals surface area contributed by atoms with E-state index >= 15 is 0 Å². The molecule has 0 unspecified atom stereocenters. The lowest BCUT2D eigenvalue weighted by atomic mass is 9.91. The summed E-state index contributed by atoms with van der Waals surface area (Å²) in [4.78, 5) is 0. The molecule has 4 nitrogen and oxygen atoms in total. The standard InChI is InChI=1S/C18H12F17NO3S2/c1-40(2,8-10-5-3-9(7-36)4-6-10)39-41(37,38)18(34,35)16(29,30)14(25,26)12(21,22)11(19,20)13(23,24)15(27,28)17(31,32)33/h3-6H,8H2,1-2H3. The second-order valence-corrected chi connectivity index (χ2v) is 13.5. The molecule has 1 aromatic carbocycles. The van der Waals surface area contributed by atoms with Crippen LogP contribution in [-0.4, -0.2) is 67.9 Å². The summed E-state index contributed by atoms with van der Waals surface area (Å²) in [6.07, 6.45) is -6.74. The Morgan fingerprint density at radius 3 is 1.32 bits per heavy atom. The predicted molar refractivity (Wildman–Crippen MR) is 105 cm³/mol. The third-order valence-electron chi connectivity index (χ3n) is 4.88. The molecular weight excluding hydrogens is 665 g/mol. The third kappa shape index (κ3) is 5.62. The number of hydrogen-bond acceptors (Lipinski definition) is 4. The SMILES string of the molecule is CS(C)(Cc1ccc(C#N)cc1)OS(=O)(=O)C(F)(F)C(F)(F)C(F)(F)C(F)(F)C(F)(F)C(F)(F)C(F)(F)C(F)(F)F.